The van der Waals surface area contributed by atoms with E-state index in [9.17, 15) is 0 Å². The van der Waals surface area contributed by atoms with Crippen LogP contribution < -0.4 is 4.74 Å². The molecule has 1 aromatic rings. The summed E-state index contributed by atoms with van der Waals surface area (Å²) in [5, 5.41) is 0. The maximum absolute atomic E-state index is 5.98. The molecule has 174 valence electrons. The zero-order valence-corrected chi connectivity index (χ0v) is 20.9. The fourth-order valence-corrected chi connectivity index (χ4v) is 4.17. The van der Waals surface area contributed by atoms with E-state index < -0.39 is 0 Å². The SMILES string of the molecule is CCCCCCCCCCCCCCCCCCCc1cccc(OC(C)(C)C)c1. The van der Waals surface area contributed by atoms with Gasteiger partial charge >= 0.3 is 0 Å². The Kier molecular flexibility index (Phi) is 15.9. The Morgan fingerprint density at radius 2 is 1.03 bits per heavy atom. The lowest BCUT2D eigenvalue weighted by Gasteiger charge is -2.21. The molecule has 0 aliphatic rings. The number of unbranched alkanes of at least 4 members (excludes halogenated alkanes) is 16. The molecule has 1 nitrogen and oxygen atoms in total. The zero-order valence-electron chi connectivity index (χ0n) is 20.9. The molecule has 0 spiro atoms. The normalized spacial score (nSPS) is 11.7. The Balaban J connectivity index is 1.86. The van der Waals surface area contributed by atoms with Crippen LogP contribution in [-0.2, 0) is 6.42 Å². The van der Waals surface area contributed by atoms with Crippen LogP contribution in [0, 0.1) is 0 Å². The van der Waals surface area contributed by atoms with E-state index >= 15 is 0 Å². The third kappa shape index (κ3) is 16.8. The summed E-state index contributed by atoms with van der Waals surface area (Å²) in [7, 11) is 0. The number of hydrogen-bond donors (Lipinski definition) is 0. The van der Waals surface area contributed by atoms with E-state index in [2.05, 4.69) is 52.0 Å². The van der Waals surface area contributed by atoms with Gasteiger partial charge in [-0.2, -0.15) is 0 Å². The second kappa shape index (κ2) is 17.7. The summed E-state index contributed by atoms with van der Waals surface area (Å²) < 4.78 is 5.98. The molecule has 1 rings (SSSR count). The second-order valence-corrected chi connectivity index (χ2v) is 10.3. The smallest absolute Gasteiger partial charge is 0.120 e. The first-order valence-electron chi connectivity index (χ1n) is 13.3. The molecule has 0 aliphatic carbocycles. The number of hydrogen-bond acceptors (Lipinski definition) is 1. The lowest BCUT2D eigenvalue weighted by molar-refractivity contribution is 0.131. The molecule has 0 saturated carbocycles. The monoisotopic (exact) mass is 416 g/mol. The van der Waals surface area contributed by atoms with Crippen molar-refractivity contribution in [3.8, 4) is 5.75 Å². The van der Waals surface area contributed by atoms with Crippen molar-refractivity contribution in [1.82, 2.24) is 0 Å². The average molecular weight is 417 g/mol. The summed E-state index contributed by atoms with van der Waals surface area (Å²) in [6.45, 7) is 8.62. The summed E-state index contributed by atoms with van der Waals surface area (Å²) in [4.78, 5) is 0. The zero-order chi connectivity index (χ0) is 21.9. The van der Waals surface area contributed by atoms with Gasteiger partial charge in [0.15, 0.2) is 0 Å². The Morgan fingerprint density at radius 1 is 0.600 bits per heavy atom. The summed E-state index contributed by atoms with van der Waals surface area (Å²) >= 11 is 0. The van der Waals surface area contributed by atoms with Crippen LogP contribution in [0.4, 0.5) is 0 Å². The van der Waals surface area contributed by atoms with Crippen LogP contribution in [0.1, 0.15) is 142 Å². The van der Waals surface area contributed by atoms with E-state index in [1.807, 2.05) is 0 Å². The van der Waals surface area contributed by atoms with Crippen molar-refractivity contribution in [2.75, 3.05) is 0 Å². The molecule has 0 aliphatic heterocycles. The Labute approximate surface area is 189 Å². The van der Waals surface area contributed by atoms with E-state index in [-0.39, 0.29) is 5.60 Å². The van der Waals surface area contributed by atoms with Crippen LogP contribution >= 0.6 is 0 Å². The van der Waals surface area contributed by atoms with Crippen molar-refractivity contribution in [3.63, 3.8) is 0 Å². The minimum atomic E-state index is -0.119. The van der Waals surface area contributed by atoms with E-state index in [1.165, 1.54) is 121 Å². The van der Waals surface area contributed by atoms with Crippen molar-refractivity contribution >= 4 is 0 Å². The minimum absolute atomic E-state index is 0.119. The molecule has 0 amide bonds. The van der Waals surface area contributed by atoms with Crippen LogP contribution in [0.5, 0.6) is 5.75 Å². The highest BCUT2D eigenvalue weighted by molar-refractivity contribution is 5.29. The molecule has 0 fully saturated rings. The number of benzene rings is 1. The van der Waals surface area contributed by atoms with Gasteiger partial charge in [0.25, 0.3) is 0 Å². The number of rotatable bonds is 19. The predicted molar refractivity (Wildman–Crippen MR) is 135 cm³/mol. The molecule has 0 bridgehead atoms. The van der Waals surface area contributed by atoms with Crippen molar-refractivity contribution in [1.29, 1.82) is 0 Å². The first kappa shape index (κ1) is 27.1. The van der Waals surface area contributed by atoms with E-state index in [0.29, 0.717) is 0 Å². The molecule has 0 saturated heterocycles. The van der Waals surface area contributed by atoms with Crippen LogP contribution in [0.15, 0.2) is 24.3 Å². The van der Waals surface area contributed by atoms with Gasteiger partial charge in [-0.15, -0.1) is 0 Å². The quantitative estimate of drug-likeness (QED) is 0.204. The van der Waals surface area contributed by atoms with Crippen molar-refractivity contribution in [2.24, 2.45) is 0 Å². The highest BCUT2D eigenvalue weighted by atomic mass is 16.5. The average Bonchev–Trinajstić information content (AvgIpc) is 2.69. The standard InChI is InChI=1S/C29H52O/c1-5-6-7-8-9-10-11-12-13-14-15-16-17-18-19-20-21-23-27-24-22-25-28(26-27)30-29(2,3)4/h22,24-26H,5-21,23H2,1-4H3. The van der Waals surface area contributed by atoms with Crippen molar-refractivity contribution in [3.05, 3.63) is 29.8 Å². The fourth-order valence-electron chi connectivity index (χ4n) is 4.17. The molecule has 0 aromatic heterocycles. The van der Waals surface area contributed by atoms with Crippen molar-refractivity contribution < 1.29 is 4.74 Å². The van der Waals surface area contributed by atoms with Crippen LogP contribution in [0.2, 0.25) is 0 Å². The van der Waals surface area contributed by atoms with Crippen LogP contribution in [0.25, 0.3) is 0 Å². The molecule has 0 radical (unpaired) electrons. The van der Waals surface area contributed by atoms with Gasteiger partial charge in [-0.25, -0.2) is 0 Å². The summed E-state index contributed by atoms with van der Waals surface area (Å²) in [5.41, 5.74) is 1.30. The molecule has 30 heavy (non-hydrogen) atoms. The van der Waals surface area contributed by atoms with Gasteiger partial charge < -0.3 is 4.74 Å². The van der Waals surface area contributed by atoms with Gasteiger partial charge in [0.2, 0.25) is 0 Å². The number of aryl methyl sites for hydroxylation is 1. The van der Waals surface area contributed by atoms with E-state index in [0.717, 1.165) is 5.75 Å². The van der Waals surface area contributed by atoms with Gasteiger partial charge in [-0.05, 0) is 51.3 Å². The Bertz CT molecular complexity index is 499. The molecule has 1 aromatic carbocycles. The predicted octanol–water partition coefficient (Wildman–Crippen LogP) is 10.1. The van der Waals surface area contributed by atoms with Crippen LogP contribution in [-0.4, -0.2) is 5.60 Å². The lowest BCUT2D eigenvalue weighted by atomic mass is 10.0. The van der Waals surface area contributed by atoms with Gasteiger partial charge in [0.1, 0.15) is 11.4 Å². The molecule has 0 N–H and O–H groups in total. The molecule has 1 heteroatoms. The first-order chi connectivity index (χ1) is 14.5. The highest BCUT2D eigenvalue weighted by Crippen LogP contribution is 2.21. The third-order valence-corrected chi connectivity index (χ3v) is 5.89. The fraction of sp³-hybridized carbons (Fsp3) is 0.793. The lowest BCUT2D eigenvalue weighted by Crippen LogP contribution is -2.22. The summed E-state index contributed by atoms with van der Waals surface area (Å²) in [6.07, 6.45) is 25.5. The minimum Gasteiger partial charge on any atom is -0.488 e. The Hall–Kier alpha value is -0.980. The van der Waals surface area contributed by atoms with Gasteiger partial charge in [-0.1, -0.05) is 122 Å². The van der Waals surface area contributed by atoms with Crippen molar-refractivity contribution in [2.45, 2.75) is 149 Å². The molecular formula is C29H52O. The van der Waals surface area contributed by atoms with E-state index in [1.54, 1.807) is 0 Å². The van der Waals surface area contributed by atoms with Crippen LogP contribution in [0.3, 0.4) is 0 Å². The number of ether oxygens (including phenoxy) is 1. The largest absolute Gasteiger partial charge is 0.488 e. The Morgan fingerprint density at radius 3 is 1.47 bits per heavy atom. The molecular weight excluding hydrogens is 364 g/mol. The maximum Gasteiger partial charge on any atom is 0.120 e. The first-order valence-corrected chi connectivity index (χ1v) is 13.3. The molecule has 0 unspecified atom stereocenters. The summed E-state index contributed by atoms with van der Waals surface area (Å²) in [5.74, 6) is 1.01. The molecule has 0 atom stereocenters. The highest BCUT2D eigenvalue weighted by Gasteiger charge is 2.11. The second-order valence-electron chi connectivity index (χ2n) is 10.3. The van der Waals surface area contributed by atoms with Gasteiger partial charge in [-0.3, -0.25) is 0 Å². The van der Waals surface area contributed by atoms with Gasteiger partial charge in [0, 0.05) is 0 Å². The molecule has 0 heterocycles. The maximum atomic E-state index is 5.98. The topological polar surface area (TPSA) is 9.23 Å². The third-order valence-electron chi connectivity index (χ3n) is 5.89. The summed E-state index contributed by atoms with van der Waals surface area (Å²) in [6, 6.07) is 8.66. The van der Waals surface area contributed by atoms with E-state index in [4.69, 9.17) is 4.74 Å². The van der Waals surface area contributed by atoms with Gasteiger partial charge in [0.05, 0.1) is 0 Å².